The van der Waals surface area contributed by atoms with E-state index >= 15 is 0 Å². The number of nitrogens with one attached hydrogen (secondary N) is 1. The zero-order valence-electron chi connectivity index (χ0n) is 12.1. The molecule has 1 aromatic carbocycles. The number of rotatable bonds is 6. The largest absolute Gasteiger partial charge is 0.497 e. The van der Waals surface area contributed by atoms with E-state index in [1.165, 1.54) is 31.5 Å². The van der Waals surface area contributed by atoms with Gasteiger partial charge >= 0.3 is 0 Å². The Hall–Kier alpha value is -1.26. The van der Waals surface area contributed by atoms with Crippen LogP contribution in [0.15, 0.2) is 18.2 Å². The molecule has 1 aromatic rings. The summed E-state index contributed by atoms with van der Waals surface area (Å²) in [5.41, 5.74) is 1.19. The Kier molecular flexibility index (Phi) is 5.05. The van der Waals surface area contributed by atoms with Gasteiger partial charge in [0.05, 0.1) is 14.2 Å². The maximum absolute atomic E-state index is 5.50. The fraction of sp³-hybridized carbons (Fsp3) is 0.600. The molecule has 1 atom stereocenters. The zero-order valence-corrected chi connectivity index (χ0v) is 12.1. The van der Waals surface area contributed by atoms with Crippen molar-refractivity contribution in [3.05, 3.63) is 23.8 Å². The molecule has 0 bridgehead atoms. The number of ether oxygens (including phenoxy) is 2. The molecule has 1 saturated heterocycles. The van der Waals surface area contributed by atoms with Crippen LogP contribution >= 0.6 is 0 Å². The lowest BCUT2D eigenvalue weighted by molar-refractivity contribution is 0.294. The molecule has 0 amide bonds. The smallest absolute Gasteiger partial charge is 0.127 e. The molecule has 4 nitrogen and oxygen atoms in total. The average Bonchev–Trinajstić information content (AvgIpc) is 2.97. The number of methoxy groups -OCH3 is 2. The van der Waals surface area contributed by atoms with Crippen LogP contribution in [-0.4, -0.2) is 45.8 Å². The van der Waals surface area contributed by atoms with Crippen LogP contribution in [0.1, 0.15) is 24.4 Å². The normalized spacial score (nSPS) is 17.4. The molecule has 1 N–H and O–H groups in total. The van der Waals surface area contributed by atoms with Crippen molar-refractivity contribution >= 4 is 0 Å². The minimum atomic E-state index is 0.291. The molecule has 0 aliphatic carbocycles. The van der Waals surface area contributed by atoms with E-state index in [4.69, 9.17) is 9.47 Å². The summed E-state index contributed by atoms with van der Waals surface area (Å²) >= 11 is 0. The third-order valence-corrected chi connectivity index (χ3v) is 3.80. The molecule has 4 heteroatoms. The molecule has 19 heavy (non-hydrogen) atoms. The molecule has 1 aliphatic heterocycles. The molecule has 0 aromatic heterocycles. The molecular weight excluding hydrogens is 240 g/mol. The van der Waals surface area contributed by atoms with Gasteiger partial charge in [0.1, 0.15) is 11.5 Å². The van der Waals surface area contributed by atoms with Crippen LogP contribution in [0.5, 0.6) is 11.5 Å². The number of likely N-dealkylation sites (N-methyl/N-ethyl adjacent to an activating group) is 1. The monoisotopic (exact) mass is 264 g/mol. The minimum Gasteiger partial charge on any atom is -0.497 e. The van der Waals surface area contributed by atoms with Crippen LogP contribution in [0.4, 0.5) is 0 Å². The Bertz CT molecular complexity index is 403. The van der Waals surface area contributed by atoms with Crippen LogP contribution in [0.25, 0.3) is 0 Å². The summed E-state index contributed by atoms with van der Waals surface area (Å²) < 4.78 is 10.7. The van der Waals surface area contributed by atoms with Gasteiger partial charge in [0, 0.05) is 24.2 Å². The highest BCUT2D eigenvalue weighted by atomic mass is 16.5. The van der Waals surface area contributed by atoms with Crippen molar-refractivity contribution in [1.29, 1.82) is 0 Å². The first kappa shape index (κ1) is 14.2. The quantitative estimate of drug-likeness (QED) is 0.853. The van der Waals surface area contributed by atoms with E-state index in [2.05, 4.69) is 16.3 Å². The van der Waals surface area contributed by atoms with Crippen molar-refractivity contribution in [2.45, 2.75) is 18.9 Å². The van der Waals surface area contributed by atoms with Crippen LogP contribution < -0.4 is 14.8 Å². The predicted octanol–water partition coefficient (Wildman–Crippen LogP) is 2.06. The minimum absolute atomic E-state index is 0.291. The van der Waals surface area contributed by atoms with Gasteiger partial charge in [-0.15, -0.1) is 0 Å². The standard InChI is InChI=1S/C15H24N2O2/c1-16-14(11-17-8-4-5-9-17)13-7-6-12(18-2)10-15(13)19-3/h6-7,10,14,16H,4-5,8-9,11H2,1-3H3/t14-/m1/s1. The number of hydrogen-bond acceptors (Lipinski definition) is 4. The van der Waals surface area contributed by atoms with E-state index in [-0.39, 0.29) is 0 Å². The average molecular weight is 264 g/mol. The molecule has 2 rings (SSSR count). The molecule has 106 valence electrons. The molecule has 1 heterocycles. The van der Waals surface area contributed by atoms with Crippen LogP contribution in [-0.2, 0) is 0 Å². The van der Waals surface area contributed by atoms with E-state index in [0.29, 0.717) is 6.04 Å². The van der Waals surface area contributed by atoms with Crippen LogP contribution in [0.3, 0.4) is 0 Å². The topological polar surface area (TPSA) is 33.7 Å². The Morgan fingerprint density at radius 1 is 1.21 bits per heavy atom. The summed E-state index contributed by atoms with van der Waals surface area (Å²) in [5.74, 6) is 1.72. The Labute approximate surface area is 115 Å². The predicted molar refractivity (Wildman–Crippen MR) is 77.0 cm³/mol. The maximum Gasteiger partial charge on any atom is 0.127 e. The van der Waals surface area contributed by atoms with E-state index in [0.717, 1.165) is 18.0 Å². The summed E-state index contributed by atoms with van der Waals surface area (Å²) in [6.45, 7) is 3.44. The van der Waals surface area contributed by atoms with Crippen LogP contribution in [0, 0.1) is 0 Å². The zero-order chi connectivity index (χ0) is 13.7. The third-order valence-electron chi connectivity index (χ3n) is 3.80. The Morgan fingerprint density at radius 2 is 1.95 bits per heavy atom. The Balaban J connectivity index is 2.16. The second kappa shape index (κ2) is 6.78. The summed E-state index contributed by atoms with van der Waals surface area (Å²) in [7, 11) is 5.39. The van der Waals surface area contributed by atoms with Crippen molar-refractivity contribution in [2.75, 3.05) is 40.9 Å². The highest BCUT2D eigenvalue weighted by molar-refractivity contribution is 5.42. The molecule has 1 aliphatic rings. The summed E-state index contributed by atoms with van der Waals surface area (Å²) in [6.07, 6.45) is 2.63. The maximum atomic E-state index is 5.50. The highest BCUT2D eigenvalue weighted by Gasteiger charge is 2.20. The van der Waals surface area contributed by atoms with E-state index < -0.39 is 0 Å². The summed E-state index contributed by atoms with van der Waals surface area (Å²) in [4.78, 5) is 2.50. The van der Waals surface area contributed by atoms with E-state index in [1.807, 2.05) is 19.2 Å². The lowest BCUT2D eigenvalue weighted by atomic mass is 10.0. The lowest BCUT2D eigenvalue weighted by Gasteiger charge is -2.25. The van der Waals surface area contributed by atoms with E-state index in [9.17, 15) is 0 Å². The molecule has 1 fully saturated rings. The number of nitrogens with zero attached hydrogens (tertiary/aromatic N) is 1. The van der Waals surface area contributed by atoms with Gasteiger partial charge in [-0.3, -0.25) is 0 Å². The first-order valence-corrected chi connectivity index (χ1v) is 6.90. The van der Waals surface area contributed by atoms with Gasteiger partial charge in [-0.2, -0.15) is 0 Å². The second-order valence-corrected chi connectivity index (χ2v) is 4.96. The number of benzene rings is 1. The van der Waals surface area contributed by atoms with Gasteiger partial charge in [-0.1, -0.05) is 6.07 Å². The van der Waals surface area contributed by atoms with Gasteiger partial charge in [-0.25, -0.2) is 0 Å². The molecule has 0 unspecified atom stereocenters. The fourth-order valence-corrected chi connectivity index (χ4v) is 2.67. The van der Waals surface area contributed by atoms with Crippen molar-refractivity contribution in [3.63, 3.8) is 0 Å². The number of likely N-dealkylation sites (tertiary alicyclic amines) is 1. The number of hydrogen-bond donors (Lipinski definition) is 1. The second-order valence-electron chi connectivity index (χ2n) is 4.96. The van der Waals surface area contributed by atoms with Gasteiger partial charge in [0.2, 0.25) is 0 Å². The first-order valence-electron chi connectivity index (χ1n) is 6.90. The fourth-order valence-electron chi connectivity index (χ4n) is 2.67. The van der Waals surface area contributed by atoms with Gasteiger partial charge < -0.3 is 19.7 Å². The van der Waals surface area contributed by atoms with Gasteiger partial charge in [-0.05, 0) is 39.0 Å². The summed E-state index contributed by atoms with van der Waals surface area (Å²) in [5, 5.41) is 3.39. The molecule has 0 saturated carbocycles. The third kappa shape index (κ3) is 3.39. The molecule has 0 radical (unpaired) electrons. The van der Waals surface area contributed by atoms with Crippen molar-refractivity contribution < 1.29 is 9.47 Å². The van der Waals surface area contributed by atoms with Gasteiger partial charge in [0.15, 0.2) is 0 Å². The first-order chi connectivity index (χ1) is 9.28. The van der Waals surface area contributed by atoms with E-state index in [1.54, 1.807) is 14.2 Å². The SMILES string of the molecule is CN[C@H](CN1CCCC1)c1ccc(OC)cc1OC. The van der Waals surface area contributed by atoms with Crippen molar-refractivity contribution in [2.24, 2.45) is 0 Å². The summed E-state index contributed by atoms with van der Waals surface area (Å²) in [6, 6.07) is 6.32. The molecular formula is C15H24N2O2. The lowest BCUT2D eigenvalue weighted by Crippen LogP contribution is -2.32. The highest BCUT2D eigenvalue weighted by Crippen LogP contribution is 2.30. The van der Waals surface area contributed by atoms with Crippen LogP contribution in [0.2, 0.25) is 0 Å². The van der Waals surface area contributed by atoms with Crippen molar-refractivity contribution in [1.82, 2.24) is 10.2 Å². The molecule has 0 spiro atoms. The Morgan fingerprint density at radius 3 is 2.53 bits per heavy atom. The van der Waals surface area contributed by atoms with Gasteiger partial charge in [0.25, 0.3) is 0 Å². The van der Waals surface area contributed by atoms with Crippen molar-refractivity contribution in [3.8, 4) is 11.5 Å².